The fraction of sp³-hybridized carbons (Fsp3) is 0.833. The van der Waals surface area contributed by atoms with Gasteiger partial charge in [0.05, 0.1) is 0 Å². The van der Waals surface area contributed by atoms with E-state index in [1.54, 1.807) is 0 Å². The smallest absolute Gasteiger partial charge is 0.244 e. The third-order valence-corrected chi connectivity index (χ3v) is 3.41. The van der Waals surface area contributed by atoms with Gasteiger partial charge in [0.1, 0.15) is 5.82 Å². The molecule has 1 aromatic heterocycles. The van der Waals surface area contributed by atoms with Crippen molar-refractivity contribution in [1.29, 1.82) is 0 Å². The van der Waals surface area contributed by atoms with Gasteiger partial charge < -0.3 is 10.2 Å². The zero-order chi connectivity index (χ0) is 12.3. The Balaban J connectivity index is 1.97. The van der Waals surface area contributed by atoms with Crippen LogP contribution in [0.15, 0.2) is 0 Å². The molecule has 0 spiro atoms. The Morgan fingerprint density at radius 3 is 3.06 bits per heavy atom. The second-order valence-corrected chi connectivity index (χ2v) is 5.10. The Hall–Kier alpha value is -1.10. The van der Waals surface area contributed by atoms with E-state index in [2.05, 4.69) is 46.2 Å². The Morgan fingerprint density at radius 1 is 1.53 bits per heavy atom. The average molecular weight is 237 g/mol. The van der Waals surface area contributed by atoms with Crippen LogP contribution in [-0.4, -0.2) is 40.9 Å². The van der Waals surface area contributed by atoms with Crippen LogP contribution in [-0.2, 0) is 6.42 Å². The molecular formula is C12H23N5. The molecule has 2 heterocycles. The van der Waals surface area contributed by atoms with E-state index in [0.717, 1.165) is 37.8 Å². The number of rotatable bonds is 4. The summed E-state index contributed by atoms with van der Waals surface area (Å²) in [5.74, 6) is 2.54. The van der Waals surface area contributed by atoms with Crippen molar-refractivity contribution in [3.63, 3.8) is 0 Å². The van der Waals surface area contributed by atoms with Gasteiger partial charge in [0.2, 0.25) is 5.95 Å². The van der Waals surface area contributed by atoms with Crippen LogP contribution in [0.25, 0.3) is 0 Å². The van der Waals surface area contributed by atoms with Crippen molar-refractivity contribution in [2.24, 2.45) is 5.92 Å². The highest BCUT2D eigenvalue weighted by Crippen LogP contribution is 2.13. The monoisotopic (exact) mass is 237 g/mol. The molecule has 96 valence electrons. The van der Waals surface area contributed by atoms with E-state index >= 15 is 0 Å². The van der Waals surface area contributed by atoms with Gasteiger partial charge in [-0.2, -0.15) is 4.98 Å². The van der Waals surface area contributed by atoms with Crippen molar-refractivity contribution in [2.75, 3.05) is 24.5 Å². The number of H-pyrrole nitrogens is 1. The lowest BCUT2D eigenvalue weighted by molar-refractivity contribution is 0.479. The molecule has 5 heteroatoms. The predicted molar refractivity (Wildman–Crippen MR) is 69.2 cm³/mol. The van der Waals surface area contributed by atoms with Crippen LogP contribution in [0.3, 0.4) is 0 Å². The number of nitrogens with one attached hydrogen (secondary N) is 2. The van der Waals surface area contributed by atoms with Gasteiger partial charge in [-0.25, -0.2) is 0 Å². The lowest BCUT2D eigenvalue weighted by Gasteiger charge is -2.30. The van der Waals surface area contributed by atoms with Gasteiger partial charge in [-0.15, -0.1) is 5.10 Å². The zero-order valence-electron chi connectivity index (χ0n) is 11.0. The maximum atomic E-state index is 4.59. The lowest BCUT2D eigenvalue weighted by atomic mass is 10.1. The average Bonchev–Trinajstić information content (AvgIpc) is 2.77. The number of hydrogen-bond acceptors (Lipinski definition) is 4. The summed E-state index contributed by atoms with van der Waals surface area (Å²) in [5, 5.41) is 10.8. The van der Waals surface area contributed by atoms with E-state index in [-0.39, 0.29) is 0 Å². The molecule has 0 saturated carbocycles. The van der Waals surface area contributed by atoms with Crippen LogP contribution >= 0.6 is 0 Å². The summed E-state index contributed by atoms with van der Waals surface area (Å²) in [6.07, 6.45) is 2.17. The standard InChI is InChI=1S/C12H23N5/c1-4-9(2)7-11-14-12(16-15-11)17-6-5-13-10(3)8-17/h9-10,13H,4-8H2,1-3H3,(H,14,15,16). The number of nitrogens with zero attached hydrogens (tertiary/aromatic N) is 3. The fourth-order valence-corrected chi connectivity index (χ4v) is 2.11. The molecule has 2 unspecified atom stereocenters. The van der Waals surface area contributed by atoms with Crippen molar-refractivity contribution in [2.45, 2.75) is 39.7 Å². The van der Waals surface area contributed by atoms with Gasteiger partial charge >= 0.3 is 0 Å². The molecule has 2 N–H and O–H groups in total. The normalized spacial score (nSPS) is 22.8. The highest BCUT2D eigenvalue weighted by Gasteiger charge is 2.19. The first-order valence-electron chi connectivity index (χ1n) is 6.58. The molecule has 0 amide bonds. The minimum absolute atomic E-state index is 0.514. The summed E-state index contributed by atoms with van der Waals surface area (Å²) < 4.78 is 0. The SMILES string of the molecule is CCC(C)Cc1nc(N2CCNC(C)C2)n[nH]1. The molecule has 1 aliphatic rings. The van der Waals surface area contributed by atoms with Crippen LogP contribution in [0.4, 0.5) is 5.95 Å². The van der Waals surface area contributed by atoms with E-state index in [4.69, 9.17) is 0 Å². The Bertz CT molecular complexity index is 348. The Kier molecular flexibility index (Phi) is 3.99. The Labute approximate surface area is 103 Å². The zero-order valence-corrected chi connectivity index (χ0v) is 11.0. The third-order valence-electron chi connectivity index (χ3n) is 3.41. The number of anilines is 1. The first-order chi connectivity index (χ1) is 8.19. The van der Waals surface area contributed by atoms with Gasteiger partial charge in [-0.05, 0) is 12.8 Å². The van der Waals surface area contributed by atoms with Crippen molar-refractivity contribution >= 4 is 5.95 Å². The molecule has 17 heavy (non-hydrogen) atoms. The number of hydrogen-bond donors (Lipinski definition) is 2. The van der Waals surface area contributed by atoms with Gasteiger partial charge in [-0.1, -0.05) is 20.3 Å². The minimum atomic E-state index is 0.514. The number of piperazine rings is 1. The predicted octanol–water partition coefficient (Wildman–Crippen LogP) is 1.19. The van der Waals surface area contributed by atoms with E-state index in [1.165, 1.54) is 6.42 Å². The third kappa shape index (κ3) is 3.19. The molecule has 1 aliphatic heterocycles. The minimum Gasteiger partial charge on any atom is -0.337 e. The summed E-state index contributed by atoms with van der Waals surface area (Å²) in [4.78, 5) is 6.84. The van der Waals surface area contributed by atoms with Gasteiger partial charge in [-0.3, -0.25) is 5.10 Å². The first kappa shape index (κ1) is 12.4. The van der Waals surface area contributed by atoms with Crippen molar-refractivity contribution < 1.29 is 0 Å². The van der Waals surface area contributed by atoms with Crippen LogP contribution < -0.4 is 10.2 Å². The lowest BCUT2D eigenvalue weighted by Crippen LogP contribution is -2.49. The van der Waals surface area contributed by atoms with Crippen molar-refractivity contribution in [1.82, 2.24) is 20.5 Å². The topological polar surface area (TPSA) is 56.8 Å². The Morgan fingerprint density at radius 2 is 2.35 bits per heavy atom. The molecule has 0 bridgehead atoms. The molecule has 0 aromatic carbocycles. The van der Waals surface area contributed by atoms with Crippen LogP contribution in [0, 0.1) is 5.92 Å². The van der Waals surface area contributed by atoms with Gasteiger partial charge in [0.15, 0.2) is 0 Å². The molecule has 0 radical (unpaired) electrons. The summed E-state index contributed by atoms with van der Waals surface area (Å²) in [6.45, 7) is 9.63. The van der Waals surface area contributed by atoms with Crippen LogP contribution in [0.1, 0.15) is 33.0 Å². The molecule has 2 rings (SSSR count). The maximum Gasteiger partial charge on any atom is 0.244 e. The highest BCUT2D eigenvalue weighted by atomic mass is 15.4. The summed E-state index contributed by atoms with van der Waals surface area (Å²) >= 11 is 0. The molecule has 5 nitrogen and oxygen atoms in total. The molecule has 1 aromatic rings. The number of aromatic amines is 1. The summed E-state index contributed by atoms with van der Waals surface area (Å²) in [6, 6.07) is 0.514. The van der Waals surface area contributed by atoms with Crippen molar-refractivity contribution in [3.8, 4) is 0 Å². The number of aromatic nitrogens is 3. The molecular weight excluding hydrogens is 214 g/mol. The molecule has 2 atom stereocenters. The van der Waals surface area contributed by atoms with E-state index in [9.17, 15) is 0 Å². The molecule has 0 aliphatic carbocycles. The van der Waals surface area contributed by atoms with Crippen LogP contribution in [0.2, 0.25) is 0 Å². The first-order valence-corrected chi connectivity index (χ1v) is 6.58. The van der Waals surface area contributed by atoms with Crippen LogP contribution in [0.5, 0.6) is 0 Å². The van der Waals surface area contributed by atoms with E-state index < -0.39 is 0 Å². The second-order valence-electron chi connectivity index (χ2n) is 5.10. The van der Waals surface area contributed by atoms with Gasteiger partial charge in [0, 0.05) is 32.1 Å². The maximum absolute atomic E-state index is 4.59. The summed E-state index contributed by atoms with van der Waals surface area (Å²) in [7, 11) is 0. The molecule has 1 fully saturated rings. The van der Waals surface area contributed by atoms with E-state index in [0.29, 0.717) is 12.0 Å². The molecule has 1 saturated heterocycles. The quantitative estimate of drug-likeness (QED) is 0.826. The highest BCUT2D eigenvalue weighted by molar-refractivity contribution is 5.30. The largest absolute Gasteiger partial charge is 0.337 e. The van der Waals surface area contributed by atoms with Crippen molar-refractivity contribution in [3.05, 3.63) is 5.82 Å². The second kappa shape index (κ2) is 5.49. The fourth-order valence-electron chi connectivity index (χ4n) is 2.11. The summed E-state index contributed by atoms with van der Waals surface area (Å²) in [5.41, 5.74) is 0. The van der Waals surface area contributed by atoms with E-state index in [1.807, 2.05) is 0 Å². The van der Waals surface area contributed by atoms with Gasteiger partial charge in [0.25, 0.3) is 0 Å².